The number of nitrogens with zero attached hydrogens (tertiary/aromatic N) is 6. The van der Waals surface area contributed by atoms with Crippen LogP contribution < -0.4 is 9.64 Å². The summed E-state index contributed by atoms with van der Waals surface area (Å²) in [7, 11) is 2.16. The first-order valence-corrected chi connectivity index (χ1v) is 15.3. The minimum atomic E-state index is -0.199. The van der Waals surface area contributed by atoms with E-state index in [0.717, 1.165) is 37.3 Å². The molecule has 2 aromatic rings. The van der Waals surface area contributed by atoms with Crippen LogP contribution in [0.1, 0.15) is 60.1 Å². The zero-order valence-electron chi connectivity index (χ0n) is 24.5. The van der Waals surface area contributed by atoms with Crippen LogP contribution in [-0.2, 0) is 30.5 Å². The Morgan fingerprint density at radius 1 is 1.15 bits per heavy atom. The average Bonchev–Trinajstić information content (AvgIpc) is 3.64. The first-order chi connectivity index (χ1) is 20.0. The van der Waals surface area contributed by atoms with Crippen molar-refractivity contribution in [1.82, 2.24) is 19.8 Å². The van der Waals surface area contributed by atoms with Crippen LogP contribution in [0.4, 0.5) is 5.82 Å². The molecule has 2 aliphatic heterocycles. The smallest absolute Gasteiger partial charge is 0.318 e. The number of carbonyl (C=O) groups is 1. The minimum Gasteiger partial charge on any atom is -0.462 e. The van der Waals surface area contributed by atoms with Crippen molar-refractivity contribution in [3.8, 4) is 6.01 Å². The second-order valence-corrected chi connectivity index (χ2v) is 12.3. The second kappa shape index (κ2) is 11.8. The molecule has 2 aliphatic carbocycles. The van der Waals surface area contributed by atoms with E-state index in [-0.39, 0.29) is 18.5 Å². The number of likely N-dealkylation sites (N-methyl/N-ethyl adjacent to an activating group) is 1. The monoisotopic (exact) mass is 554 g/mol. The molecule has 0 bridgehead atoms. The third-order valence-electron chi connectivity index (χ3n) is 9.88. The molecule has 3 heterocycles. The third kappa shape index (κ3) is 5.44. The lowest BCUT2D eigenvalue weighted by Gasteiger charge is -2.41. The maximum atomic E-state index is 12.6. The molecular formula is C33H42N6O2. The van der Waals surface area contributed by atoms with Gasteiger partial charge in [-0.25, -0.2) is 6.57 Å². The van der Waals surface area contributed by atoms with Crippen LogP contribution in [0.2, 0.25) is 0 Å². The Hall–Kier alpha value is -3.44. The summed E-state index contributed by atoms with van der Waals surface area (Å²) < 4.78 is 6.33. The molecule has 2 fully saturated rings. The van der Waals surface area contributed by atoms with Gasteiger partial charge in [-0.15, -0.1) is 0 Å². The van der Waals surface area contributed by atoms with E-state index in [1.54, 1.807) is 10.5 Å². The summed E-state index contributed by atoms with van der Waals surface area (Å²) in [5.41, 5.74) is 6.88. The number of amides is 1. The van der Waals surface area contributed by atoms with E-state index in [1.165, 1.54) is 48.4 Å². The minimum absolute atomic E-state index is 0.112. The molecule has 6 rings (SSSR count). The number of aromatic nitrogens is 2. The van der Waals surface area contributed by atoms with E-state index in [0.29, 0.717) is 50.1 Å². The van der Waals surface area contributed by atoms with Crippen molar-refractivity contribution in [2.45, 2.75) is 69.9 Å². The van der Waals surface area contributed by atoms with Gasteiger partial charge in [-0.05, 0) is 93.1 Å². The van der Waals surface area contributed by atoms with Crippen molar-refractivity contribution in [2.24, 2.45) is 5.92 Å². The number of rotatable bonds is 7. The highest BCUT2D eigenvalue weighted by Gasteiger charge is 2.37. The highest BCUT2D eigenvalue weighted by Crippen LogP contribution is 2.43. The van der Waals surface area contributed by atoms with Crippen molar-refractivity contribution in [1.29, 1.82) is 0 Å². The summed E-state index contributed by atoms with van der Waals surface area (Å²) in [6.45, 7) is 17.3. The summed E-state index contributed by atoms with van der Waals surface area (Å²) in [6, 6.07) is 7.52. The number of hydrogen-bond acceptors (Lipinski definition) is 6. The standard InChI is InChI=1S/C33H42N6O2/c1-5-31(40)39-16-15-38(20-25(39)19-34-3)32-29-17-22(2)28(27-13-7-10-23-9-6-12-26(23)27)18-30(29)35-33(36-32)41-21-24-11-8-14-37(24)4/h5,7,10,13,22,24-25,28H,1,6,8-9,11-12,14-21H2,2,4H3/t22-,24-,25+,28-/m0/s1. The van der Waals surface area contributed by atoms with Gasteiger partial charge in [-0.1, -0.05) is 31.7 Å². The number of piperazine rings is 1. The molecule has 8 heteroatoms. The van der Waals surface area contributed by atoms with Crippen molar-refractivity contribution < 1.29 is 9.53 Å². The molecule has 1 aromatic heterocycles. The number of benzene rings is 1. The van der Waals surface area contributed by atoms with Crippen molar-refractivity contribution >= 4 is 11.7 Å². The number of ether oxygens (including phenoxy) is 1. The summed E-state index contributed by atoms with van der Waals surface area (Å²) in [4.78, 5) is 32.7. The fourth-order valence-electron chi connectivity index (χ4n) is 7.56. The molecule has 0 N–H and O–H groups in total. The SMILES string of the molecule is [C-]#[N+]C[C@@H]1CN(c2nc(OC[C@@H]3CCCN3C)nc3c2C[C@H](C)[C@@H](c2cccc4c2CCC4)C3)CCN1C(=O)C=C. The van der Waals surface area contributed by atoms with E-state index >= 15 is 0 Å². The van der Waals surface area contributed by atoms with Gasteiger partial charge in [0.25, 0.3) is 0 Å². The van der Waals surface area contributed by atoms with Crippen molar-refractivity contribution in [3.05, 3.63) is 70.2 Å². The number of carbonyl (C=O) groups excluding carboxylic acids is 1. The van der Waals surface area contributed by atoms with Gasteiger partial charge in [0.2, 0.25) is 12.5 Å². The molecule has 0 saturated carbocycles. The highest BCUT2D eigenvalue weighted by atomic mass is 16.5. The Labute approximate surface area is 244 Å². The molecule has 41 heavy (non-hydrogen) atoms. The number of anilines is 1. The second-order valence-electron chi connectivity index (χ2n) is 12.3. The van der Waals surface area contributed by atoms with Crippen molar-refractivity contribution in [3.63, 3.8) is 0 Å². The zero-order valence-corrected chi connectivity index (χ0v) is 24.5. The Bertz CT molecular complexity index is 1350. The van der Waals surface area contributed by atoms with Gasteiger partial charge < -0.3 is 24.3 Å². The number of aryl methyl sites for hydroxylation is 1. The highest BCUT2D eigenvalue weighted by molar-refractivity contribution is 5.87. The number of likely N-dealkylation sites (tertiary alicyclic amines) is 1. The van der Waals surface area contributed by atoms with Crippen LogP contribution in [0.3, 0.4) is 0 Å². The molecule has 4 aliphatic rings. The zero-order chi connectivity index (χ0) is 28.5. The fourth-order valence-corrected chi connectivity index (χ4v) is 7.56. The lowest BCUT2D eigenvalue weighted by molar-refractivity contribution is -0.128. The largest absolute Gasteiger partial charge is 0.462 e. The Kier molecular flexibility index (Phi) is 7.99. The van der Waals surface area contributed by atoms with Gasteiger partial charge in [-0.3, -0.25) is 4.79 Å². The summed E-state index contributed by atoms with van der Waals surface area (Å²) in [5, 5.41) is 0. The predicted octanol–water partition coefficient (Wildman–Crippen LogP) is 4.08. The van der Waals surface area contributed by atoms with Gasteiger partial charge in [0, 0.05) is 31.2 Å². The Morgan fingerprint density at radius 3 is 2.80 bits per heavy atom. The van der Waals surface area contributed by atoms with Crippen molar-refractivity contribution in [2.75, 3.05) is 51.3 Å². The maximum absolute atomic E-state index is 12.6. The summed E-state index contributed by atoms with van der Waals surface area (Å²) in [6.07, 6.45) is 9.07. The van der Waals surface area contributed by atoms with Crippen LogP contribution in [0, 0.1) is 12.5 Å². The van der Waals surface area contributed by atoms with E-state index in [1.807, 2.05) is 0 Å². The normalized spacial score (nSPS) is 25.9. The number of hydrogen-bond donors (Lipinski definition) is 0. The van der Waals surface area contributed by atoms with Crippen LogP contribution >= 0.6 is 0 Å². The van der Waals surface area contributed by atoms with Gasteiger partial charge in [0.15, 0.2) is 0 Å². The maximum Gasteiger partial charge on any atom is 0.318 e. The molecule has 216 valence electrons. The van der Waals surface area contributed by atoms with Crippen LogP contribution in [0.25, 0.3) is 4.85 Å². The first kappa shape index (κ1) is 27.7. The molecule has 1 amide bonds. The molecule has 8 nitrogen and oxygen atoms in total. The molecular weight excluding hydrogens is 512 g/mol. The molecule has 1 aromatic carbocycles. The topological polar surface area (TPSA) is 66.2 Å². The van der Waals surface area contributed by atoms with Crippen LogP contribution in [0.15, 0.2) is 30.9 Å². The fraction of sp³-hybridized carbons (Fsp3) is 0.576. The third-order valence-corrected chi connectivity index (χ3v) is 9.88. The van der Waals surface area contributed by atoms with Crippen LogP contribution in [0.5, 0.6) is 6.01 Å². The molecule has 0 radical (unpaired) electrons. The molecule has 2 saturated heterocycles. The molecule has 0 unspecified atom stereocenters. The van der Waals surface area contributed by atoms with E-state index in [4.69, 9.17) is 21.3 Å². The molecule has 0 spiro atoms. The van der Waals surface area contributed by atoms with Crippen LogP contribution in [-0.4, -0.2) is 84.1 Å². The number of fused-ring (bicyclic) bond motifs is 2. The van der Waals surface area contributed by atoms with Gasteiger partial charge in [0.05, 0.1) is 5.69 Å². The van der Waals surface area contributed by atoms with E-state index < -0.39 is 0 Å². The van der Waals surface area contributed by atoms with Gasteiger partial charge in [0.1, 0.15) is 18.5 Å². The quantitative estimate of drug-likeness (QED) is 0.380. The predicted molar refractivity (Wildman–Crippen MR) is 160 cm³/mol. The Morgan fingerprint density at radius 2 is 2.02 bits per heavy atom. The lowest BCUT2D eigenvalue weighted by Crippen LogP contribution is -2.56. The average molecular weight is 555 g/mol. The van der Waals surface area contributed by atoms with E-state index in [2.05, 4.69) is 53.4 Å². The lowest BCUT2D eigenvalue weighted by atomic mass is 9.73. The Balaban J connectivity index is 1.33. The van der Waals surface area contributed by atoms with Gasteiger partial charge in [-0.2, -0.15) is 9.97 Å². The molecule has 4 atom stereocenters. The van der Waals surface area contributed by atoms with E-state index in [9.17, 15) is 4.79 Å². The van der Waals surface area contributed by atoms with Gasteiger partial charge >= 0.3 is 6.01 Å². The first-order valence-electron chi connectivity index (χ1n) is 15.3. The summed E-state index contributed by atoms with van der Waals surface area (Å²) in [5.74, 6) is 1.69. The summed E-state index contributed by atoms with van der Waals surface area (Å²) >= 11 is 0.